The third-order valence-corrected chi connectivity index (χ3v) is 3.23. The van der Waals surface area contributed by atoms with Gasteiger partial charge in [0.2, 0.25) is 0 Å². The van der Waals surface area contributed by atoms with Crippen LogP contribution in [0.5, 0.6) is 5.75 Å². The fourth-order valence-electron chi connectivity index (χ4n) is 2.14. The van der Waals surface area contributed by atoms with E-state index >= 15 is 0 Å². The average molecular weight is 248 g/mol. The molecule has 18 heavy (non-hydrogen) atoms. The van der Waals surface area contributed by atoms with Gasteiger partial charge in [0.25, 0.3) is 5.91 Å². The van der Waals surface area contributed by atoms with Crippen LogP contribution < -0.4 is 0 Å². The van der Waals surface area contributed by atoms with Gasteiger partial charge in [0, 0.05) is 31.0 Å². The van der Waals surface area contributed by atoms with E-state index < -0.39 is 0 Å². The highest BCUT2D eigenvalue weighted by Gasteiger charge is 2.26. The van der Waals surface area contributed by atoms with E-state index in [0.29, 0.717) is 25.1 Å². The molecule has 0 bridgehead atoms. The quantitative estimate of drug-likeness (QED) is 0.587. The molecule has 2 rings (SSSR count). The number of carbonyl (C=O) groups is 1. The van der Waals surface area contributed by atoms with Gasteiger partial charge in [-0.1, -0.05) is 12.1 Å². The van der Waals surface area contributed by atoms with E-state index in [9.17, 15) is 9.90 Å². The first-order chi connectivity index (χ1) is 8.61. The average Bonchev–Trinajstić information content (AvgIpc) is 2.38. The van der Waals surface area contributed by atoms with Crippen molar-refractivity contribution in [2.45, 2.75) is 13.3 Å². The molecule has 5 heteroatoms. The summed E-state index contributed by atoms with van der Waals surface area (Å²) < 4.78 is 0. The van der Waals surface area contributed by atoms with E-state index in [4.69, 9.17) is 5.21 Å². The molecule has 0 radical (unpaired) electrons. The van der Waals surface area contributed by atoms with Gasteiger partial charge in [-0.25, -0.2) is 0 Å². The SMILES string of the molecule is CC1CN(C(=O)c2ccc(O)cc2)CC/C1=N\O. The molecule has 1 amide bonds. The third kappa shape index (κ3) is 2.45. The van der Waals surface area contributed by atoms with Gasteiger partial charge < -0.3 is 15.2 Å². The predicted octanol–water partition coefficient (Wildman–Crippen LogP) is 1.70. The number of aromatic hydroxyl groups is 1. The number of amides is 1. The molecular weight excluding hydrogens is 232 g/mol. The van der Waals surface area contributed by atoms with Gasteiger partial charge >= 0.3 is 0 Å². The van der Waals surface area contributed by atoms with Gasteiger partial charge in [-0.2, -0.15) is 0 Å². The van der Waals surface area contributed by atoms with Crippen molar-refractivity contribution in [3.05, 3.63) is 29.8 Å². The maximum Gasteiger partial charge on any atom is 0.253 e. The van der Waals surface area contributed by atoms with Crippen molar-refractivity contribution in [1.82, 2.24) is 4.90 Å². The second kappa shape index (κ2) is 5.08. The van der Waals surface area contributed by atoms with E-state index in [2.05, 4.69) is 5.16 Å². The Balaban J connectivity index is 2.09. The number of phenolic OH excluding ortho intramolecular Hbond substituents is 1. The molecule has 2 N–H and O–H groups in total. The minimum atomic E-state index is -0.0566. The monoisotopic (exact) mass is 248 g/mol. The van der Waals surface area contributed by atoms with E-state index in [0.717, 1.165) is 5.71 Å². The fourth-order valence-corrected chi connectivity index (χ4v) is 2.14. The minimum Gasteiger partial charge on any atom is -0.508 e. The number of likely N-dealkylation sites (tertiary alicyclic amines) is 1. The van der Waals surface area contributed by atoms with E-state index in [1.54, 1.807) is 17.0 Å². The Kier molecular flexibility index (Phi) is 3.50. The molecule has 1 aliphatic rings. The molecule has 0 saturated carbocycles. The van der Waals surface area contributed by atoms with Crippen LogP contribution in [0, 0.1) is 5.92 Å². The van der Waals surface area contributed by atoms with Crippen molar-refractivity contribution in [3.8, 4) is 5.75 Å². The topological polar surface area (TPSA) is 73.1 Å². The van der Waals surface area contributed by atoms with Gasteiger partial charge in [0.15, 0.2) is 0 Å². The summed E-state index contributed by atoms with van der Waals surface area (Å²) in [6.45, 7) is 3.05. The zero-order valence-electron chi connectivity index (χ0n) is 10.2. The molecule has 1 saturated heterocycles. The Bertz CT molecular complexity index is 468. The van der Waals surface area contributed by atoms with Crippen LogP contribution >= 0.6 is 0 Å². The molecule has 1 unspecified atom stereocenters. The van der Waals surface area contributed by atoms with Crippen LogP contribution in [0.4, 0.5) is 0 Å². The second-order valence-electron chi connectivity index (χ2n) is 4.54. The standard InChI is InChI=1S/C13H16N2O3/c1-9-8-15(7-6-12(9)14-18)13(17)10-2-4-11(16)5-3-10/h2-5,9,16,18H,6-8H2,1H3/b14-12+. The lowest BCUT2D eigenvalue weighted by Gasteiger charge is -2.31. The Morgan fingerprint density at radius 3 is 2.61 bits per heavy atom. The summed E-state index contributed by atoms with van der Waals surface area (Å²) in [5.74, 6) is 0.164. The first-order valence-electron chi connectivity index (χ1n) is 5.91. The maximum absolute atomic E-state index is 12.2. The predicted molar refractivity (Wildman–Crippen MR) is 67.0 cm³/mol. The van der Waals surface area contributed by atoms with E-state index in [-0.39, 0.29) is 17.6 Å². The molecule has 0 aliphatic carbocycles. The zero-order chi connectivity index (χ0) is 13.1. The molecule has 0 spiro atoms. The first kappa shape index (κ1) is 12.4. The van der Waals surface area contributed by atoms with Crippen molar-refractivity contribution >= 4 is 11.6 Å². The van der Waals surface area contributed by atoms with Crippen LogP contribution in [0.25, 0.3) is 0 Å². The van der Waals surface area contributed by atoms with E-state index in [1.165, 1.54) is 12.1 Å². The van der Waals surface area contributed by atoms with Crippen LogP contribution in [-0.2, 0) is 0 Å². The molecule has 1 aliphatic heterocycles. The highest BCUT2D eigenvalue weighted by Crippen LogP contribution is 2.18. The van der Waals surface area contributed by atoms with Crippen molar-refractivity contribution in [3.63, 3.8) is 0 Å². The summed E-state index contributed by atoms with van der Waals surface area (Å²) in [5, 5.41) is 21.2. The number of hydrogen-bond acceptors (Lipinski definition) is 4. The van der Waals surface area contributed by atoms with Crippen molar-refractivity contribution in [2.24, 2.45) is 11.1 Å². The number of phenols is 1. The summed E-state index contributed by atoms with van der Waals surface area (Å²) in [6, 6.07) is 6.22. The zero-order valence-corrected chi connectivity index (χ0v) is 10.2. The van der Waals surface area contributed by atoms with Crippen LogP contribution in [0.3, 0.4) is 0 Å². The Labute approximate surface area is 105 Å². The molecule has 1 fully saturated rings. The Morgan fingerprint density at radius 2 is 2.06 bits per heavy atom. The van der Waals surface area contributed by atoms with Gasteiger partial charge in [-0.05, 0) is 24.3 Å². The summed E-state index contributed by atoms with van der Waals surface area (Å²) in [5.41, 5.74) is 1.30. The molecule has 1 aromatic rings. The van der Waals surface area contributed by atoms with Crippen molar-refractivity contribution < 1.29 is 15.1 Å². The molecule has 5 nitrogen and oxygen atoms in total. The highest BCUT2D eigenvalue weighted by molar-refractivity contribution is 5.96. The molecule has 1 atom stereocenters. The molecule has 0 aromatic heterocycles. The number of oxime groups is 1. The van der Waals surface area contributed by atoms with Gasteiger partial charge in [0.05, 0.1) is 5.71 Å². The lowest BCUT2D eigenvalue weighted by molar-refractivity contribution is 0.0734. The van der Waals surface area contributed by atoms with Gasteiger partial charge in [-0.15, -0.1) is 0 Å². The van der Waals surface area contributed by atoms with E-state index in [1.807, 2.05) is 6.92 Å². The van der Waals surface area contributed by atoms with Crippen LogP contribution in [0.15, 0.2) is 29.4 Å². The normalized spacial score (nSPS) is 22.2. The lowest BCUT2D eigenvalue weighted by atomic mass is 9.97. The van der Waals surface area contributed by atoms with Crippen molar-refractivity contribution in [1.29, 1.82) is 0 Å². The maximum atomic E-state index is 12.2. The fraction of sp³-hybridized carbons (Fsp3) is 0.385. The lowest BCUT2D eigenvalue weighted by Crippen LogP contribution is -2.43. The minimum absolute atomic E-state index is 0.0566. The number of piperidine rings is 1. The second-order valence-corrected chi connectivity index (χ2v) is 4.54. The summed E-state index contributed by atoms with van der Waals surface area (Å²) >= 11 is 0. The van der Waals surface area contributed by atoms with Crippen molar-refractivity contribution in [2.75, 3.05) is 13.1 Å². The van der Waals surface area contributed by atoms with Gasteiger partial charge in [-0.3, -0.25) is 4.79 Å². The smallest absolute Gasteiger partial charge is 0.253 e. The van der Waals surface area contributed by atoms with Crippen LogP contribution in [-0.4, -0.2) is 39.9 Å². The number of hydrogen-bond donors (Lipinski definition) is 2. The Hall–Kier alpha value is -2.04. The summed E-state index contributed by atoms with van der Waals surface area (Å²) in [7, 11) is 0. The van der Waals surface area contributed by atoms with Gasteiger partial charge in [0.1, 0.15) is 5.75 Å². The largest absolute Gasteiger partial charge is 0.508 e. The molecule has 1 heterocycles. The number of nitrogens with zero attached hydrogens (tertiary/aromatic N) is 2. The summed E-state index contributed by atoms with van der Waals surface area (Å²) in [4.78, 5) is 13.9. The number of benzene rings is 1. The van der Waals surface area contributed by atoms with Crippen LogP contribution in [0.1, 0.15) is 23.7 Å². The first-order valence-corrected chi connectivity index (χ1v) is 5.91. The van der Waals surface area contributed by atoms with Crippen LogP contribution in [0.2, 0.25) is 0 Å². The molecular formula is C13H16N2O3. The Morgan fingerprint density at radius 1 is 1.39 bits per heavy atom. The third-order valence-electron chi connectivity index (χ3n) is 3.23. The molecule has 96 valence electrons. The molecule has 1 aromatic carbocycles. The summed E-state index contributed by atoms with van der Waals surface area (Å²) in [6.07, 6.45) is 0.599. The highest BCUT2D eigenvalue weighted by atomic mass is 16.4. The number of carbonyl (C=O) groups excluding carboxylic acids is 1. The number of rotatable bonds is 1.